The summed E-state index contributed by atoms with van der Waals surface area (Å²) in [6.45, 7) is 4.32. The molecule has 0 bridgehead atoms. The molecule has 1 aliphatic heterocycles. The average Bonchev–Trinajstić information content (AvgIpc) is 3.01. The quantitative estimate of drug-likeness (QED) is 0.772. The summed E-state index contributed by atoms with van der Waals surface area (Å²) in [6, 6.07) is 7.95. The molecular formula is C18H26N4O. The molecule has 124 valence electrons. The fourth-order valence-corrected chi connectivity index (χ4v) is 3.16. The number of aryl methyl sites for hydroxylation is 1. The van der Waals surface area contributed by atoms with Crippen LogP contribution in [0.4, 0.5) is 0 Å². The van der Waals surface area contributed by atoms with E-state index in [4.69, 9.17) is 0 Å². The highest BCUT2D eigenvalue weighted by molar-refractivity contribution is 5.77. The first-order valence-corrected chi connectivity index (χ1v) is 8.74. The van der Waals surface area contributed by atoms with Crippen LogP contribution >= 0.6 is 0 Å². The summed E-state index contributed by atoms with van der Waals surface area (Å²) in [4.78, 5) is 22.2. The van der Waals surface area contributed by atoms with Gasteiger partial charge in [0, 0.05) is 19.4 Å². The summed E-state index contributed by atoms with van der Waals surface area (Å²) >= 11 is 0. The third-order valence-electron chi connectivity index (χ3n) is 4.45. The first-order valence-electron chi connectivity index (χ1n) is 8.74. The van der Waals surface area contributed by atoms with E-state index >= 15 is 0 Å². The summed E-state index contributed by atoms with van der Waals surface area (Å²) in [5, 5.41) is 3.02. The Bertz CT molecular complexity index is 598. The normalized spacial score (nSPS) is 15.8. The van der Waals surface area contributed by atoms with E-state index in [1.807, 2.05) is 24.3 Å². The average molecular weight is 314 g/mol. The molecule has 2 aromatic rings. The van der Waals surface area contributed by atoms with Gasteiger partial charge in [-0.3, -0.25) is 4.79 Å². The lowest BCUT2D eigenvalue weighted by molar-refractivity contribution is -0.121. The van der Waals surface area contributed by atoms with Crippen molar-refractivity contribution in [3.8, 4) is 0 Å². The minimum Gasteiger partial charge on any atom is -0.356 e. The molecule has 23 heavy (non-hydrogen) atoms. The van der Waals surface area contributed by atoms with E-state index in [2.05, 4.69) is 20.2 Å². The van der Waals surface area contributed by atoms with Gasteiger partial charge in [-0.1, -0.05) is 18.6 Å². The van der Waals surface area contributed by atoms with Gasteiger partial charge in [0.05, 0.1) is 11.0 Å². The van der Waals surface area contributed by atoms with E-state index in [1.165, 1.54) is 32.4 Å². The zero-order chi connectivity index (χ0) is 15.9. The van der Waals surface area contributed by atoms with Crippen molar-refractivity contribution in [3.05, 3.63) is 30.1 Å². The lowest BCUT2D eigenvalue weighted by Crippen LogP contribution is -2.33. The Hall–Kier alpha value is -1.88. The van der Waals surface area contributed by atoms with Gasteiger partial charge in [-0.05, 0) is 51.0 Å². The summed E-state index contributed by atoms with van der Waals surface area (Å²) in [5.74, 6) is 0.999. The van der Waals surface area contributed by atoms with E-state index in [1.54, 1.807) is 0 Å². The molecule has 1 fully saturated rings. The van der Waals surface area contributed by atoms with Crippen LogP contribution in [0.3, 0.4) is 0 Å². The summed E-state index contributed by atoms with van der Waals surface area (Å²) < 4.78 is 0. The fraction of sp³-hybridized carbons (Fsp3) is 0.556. The van der Waals surface area contributed by atoms with Crippen LogP contribution in [0.15, 0.2) is 24.3 Å². The van der Waals surface area contributed by atoms with Crippen LogP contribution in [-0.4, -0.2) is 47.0 Å². The Balaban J connectivity index is 1.33. The Kier molecular flexibility index (Phi) is 5.64. The second-order valence-corrected chi connectivity index (χ2v) is 6.31. The molecule has 1 aliphatic rings. The molecule has 0 aliphatic carbocycles. The van der Waals surface area contributed by atoms with Gasteiger partial charge in [0.1, 0.15) is 5.82 Å². The lowest BCUT2D eigenvalue weighted by atomic mass is 10.1. The van der Waals surface area contributed by atoms with Gasteiger partial charge in [-0.2, -0.15) is 0 Å². The Labute approximate surface area is 137 Å². The van der Waals surface area contributed by atoms with Crippen molar-refractivity contribution in [2.75, 3.05) is 26.2 Å². The van der Waals surface area contributed by atoms with Gasteiger partial charge in [0.15, 0.2) is 0 Å². The van der Waals surface area contributed by atoms with Gasteiger partial charge in [0.2, 0.25) is 5.91 Å². The number of benzene rings is 1. The predicted molar refractivity (Wildman–Crippen MR) is 92.3 cm³/mol. The predicted octanol–water partition coefficient (Wildman–Crippen LogP) is 2.49. The number of likely N-dealkylation sites (tertiary alicyclic amines) is 1. The van der Waals surface area contributed by atoms with E-state index in [9.17, 15) is 4.79 Å². The standard InChI is InChI=1S/C18H26N4O/c23-18(19-11-6-14-22-12-4-1-5-13-22)10-9-17-20-15-7-2-3-8-16(15)21-17/h2-3,7-8H,1,4-6,9-14H2,(H,19,23)(H,20,21). The monoisotopic (exact) mass is 314 g/mol. The first kappa shape index (κ1) is 16.0. The van der Waals surface area contributed by atoms with Crippen LogP contribution in [-0.2, 0) is 11.2 Å². The highest BCUT2D eigenvalue weighted by Gasteiger charge is 2.10. The van der Waals surface area contributed by atoms with Crippen molar-refractivity contribution < 1.29 is 4.79 Å². The summed E-state index contributed by atoms with van der Waals surface area (Å²) in [6.07, 6.45) is 6.20. The van der Waals surface area contributed by atoms with Gasteiger partial charge >= 0.3 is 0 Å². The second kappa shape index (κ2) is 8.11. The molecule has 0 spiro atoms. The number of carbonyl (C=O) groups excluding carboxylic acids is 1. The van der Waals surface area contributed by atoms with Crippen molar-refractivity contribution in [2.24, 2.45) is 0 Å². The van der Waals surface area contributed by atoms with Crippen LogP contribution in [0.1, 0.15) is 37.9 Å². The topological polar surface area (TPSA) is 61.0 Å². The number of rotatable bonds is 7. The van der Waals surface area contributed by atoms with Crippen LogP contribution in [0, 0.1) is 0 Å². The Morgan fingerprint density at radius 1 is 1.22 bits per heavy atom. The van der Waals surface area contributed by atoms with Crippen LogP contribution in [0.25, 0.3) is 11.0 Å². The van der Waals surface area contributed by atoms with E-state index < -0.39 is 0 Å². The SMILES string of the molecule is O=C(CCc1nc2ccccc2[nH]1)NCCCN1CCCCC1. The van der Waals surface area contributed by atoms with Crippen molar-refractivity contribution in [2.45, 2.75) is 38.5 Å². The summed E-state index contributed by atoms with van der Waals surface area (Å²) in [7, 11) is 0. The first-order chi connectivity index (χ1) is 11.3. The molecule has 5 nitrogen and oxygen atoms in total. The molecule has 0 radical (unpaired) electrons. The molecule has 0 unspecified atom stereocenters. The molecule has 5 heteroatoms. The molecule has 2 N–H and O–H groups in total. The molecule has 2 heterocycles. The van der Waals surface area contributed by atoms with Crippen molar-refractivity contribution in [1.82, 2.24) is 20.2 Å². The highest BCUT2D eigenvalue weighted by Crippen LogP contribution is 2.11. The fourth-order valence-electron chi connectivity index (χ4n) is 3.16. The minimum absolute atomic E-state index is 0.115. The largest absolute Gasteiger partial charge is 0.356 e. The number of amides is 1. The number of nitrogens with zero attached hydrogens (tertiary/aromatic N) is 2. The number of carbonyl (C=O) groups is 1. The van der Waals surface area contributed by atoms with Gasteiger partial charge < -0.3 is 15.2 Å². The third-order valence-corrected chi connectivity index (χ3v) is 4.45. The number of hydrogen-bond donors (Lipinski definition) is 2. The maximum absolute atomic E-state index is 11.9. The van der Waals surface area contributed by atoms with Crippen molar-refractivity contribution in [1.29, 1.82) is 0 Å². The smallest absolute Gasteiger partial charge is 0.220 e. The van der Waals surface area contributed by atoms with Crippen LogP contribution in [0.2, 0.25) is 0 Å². The second-order valence-electron chi connectivity index (χ2n) is 6.31. The molecular weight excluding hydrogens is 288 g/mol. The van der Waals surface area contributed by atoms with Crippen LogP contribution < -0.4 is 5.32 Å². The zero-order valence-electron chi connectivity index (χ0n) is 13.7. The zero-order valence-corrected chi connectivity index (χ0v) is 13.7. The number of aromatic amines is 1. The Morgan fingerprint density at radius 3 is 2.87 bits per heavy atom. The van der Waals surface area contributed by atoms with E-state index in [0.29, 0.717) is 12.8 Å². The highest BCUT2D eigenvalue weighted by atomic mass is 16.1. The molecule has 1 aromatic carbocycles. The number of aromatic nitrogens is 2. The van der Waals surface area contributed by atoms with E-state index in [0.717, 1.165) is 36.4 Å². The number of imidazole rings is 1. The molecule has 1 amide bonds. The maximum Gasteiger partial charge on any atom is 0.220 e. The third kappa shape index (κ3) is 4.79. The number of nitrogens with one attached hydrogen (secondary N) is 2. The Morgan fingerprint density at radius 2 is 2.04 bits per heavy atom. The van der Waals surface area contributed by atoms with Gasteiger partial charge in [-0.25, -0.2) is 4.98 Å². The summed E-state index contributed by atoms with van der Waals surface area (Å²) in [5.41, 5.74) is 1.99. The molecule has 0 saturated carbocycles. The number of H-pyrrole nitrogens is 1. The van der Waals surface area contributed by atoms with Crippen molar-refractivity contribution in [3.63, 3.8) is 0 Å². The number of fused-ring (bicyclic) bond motifs is 1. The van der Waals surface area contributed by atoms with Gasteiger partial charge in [0.25, 0.3) is 0 Å². The molecule has 1 saturated heterocycles. The van der Waals surface area contributed by atoms with Gasteiger partial charge in [-0.15, -0.1) is 0 Å². The minimum atomic E-state index is 0.115. The molecule has 0 atom stereocenters. The number of hydrogen-bond acceptors (Lipinski definition) is 3. The maximum atomic E-state index is 11.9. The van der Waals surface area contributed by atoms with Crippen molar-refractivity contribution >= 4 is 16.9 Å². The molecule has 1 aromatic heterocycles. The lowest BCUT2D eigenvalue weighted by Gasteiger charge is -2.26. The van der Waals surface area contributed by atoms with Crippen LogP contribution in [0.5, 0.6) is 0 Å². The van der Waals surface area contributed by atoms with E-state index in [-0.39, 0.29) is 5.91 Å². The number of para-hydroxylation sites is 2. The molecule has 3 rings (SSSR count). The number of piperidine rings is 1.